The topological polar surface area (TPSA) is 93.6 Å². The fourth-order valence-electron chi connectivity index (χ4n) is 7.03. The van der Waals surface area contributed by atoms with E-state index in [9.17, 15) is 19.2 Å². The lowest BCUT2D eigenvalue weighted by Gasteiger charge is -2.28. The number of alkyl halides is 2. The number of hydrogen-bond donors (Lipinski definition) is 0. The molecule has 3 aliphatic rings. The summed E-state index contributed by atoms with van der Waals surface area (Å²) in [6.45, 7) is 1.36. The van der Waals surface area contributed by atoms with E-state index >= 15 is 0 Å². The van der Waals surface area contributed by atoms with Gasteiger partial charge >= 0.3 is 5.97 Å². The predicted octanol–water partition coefficient (Wildman–Crippen LogP) is 7.84. The van der Waals surface area contributed by atoms with Gasteiger partial charge in [0.25, 0.3) is 0 Å². The molecule has 45 heavy (non-hydrogen) atoms. The molecule has 2 aliphatic carbocycles. The van der Waals surface area contributed by atoms with Crippen molar-refractivity contribution in [1.82, 2.24) is 4.98 Å². The molecule has 7 rings (SSSR count). The van der Waals surface area contributed by atoms with Gasteiger partial charge in [-0.2, -0.15) is 0 Å². The number of imide groups is 1. The minimum Gasteiger partial charge on any atom is -0.454 e. The van der Waals surface area contributed by atoms with E-state index in [4.69, 9.17) is 32.9 Å². The highest BCUT2D eigenvalue weighted by Crippen LogP contribution is 2.60. The van der Waals surface area contributed by atoms with E-state index in [-0.39, 0.29) is 56.5 Å². The van der Waals surface area contributed by atoms with Crippen molar-refractivity contribution in [3.8, 4) is 11.3 Å². The van der Waals surface area contributed by atoms with Crippen LogP contribution in [0.25, 0.3) is 22.2 Å². The number of aryl methyl sites for hydroxylation is 1. The number of Topliss-reactive ketones (excluding diaryl/α,β-unsaturated/α-hetero) is 1. The Bertz CT molecular complexity index is 1880. The van der Waals surface area contributed by atoms with Gasteiger partial charge in [-0.3, -0.25) is 19.3 Å². The van der Waals surface area contributed by atoms with Crippen molar-refractivity contribution in [3.63, 3.8) is 0 Å². The maximum absolute atomic E-state index is 13.5. The molecule has 7 nitrogen and oxygen atoms in total. The molecule has 6 atom stereocenters. The summed E-state index contributed by atoms with van der Waals surface area (Å²) in [5, 5.41) is 1.52. The normalized spacial score (nSPS) is 25.2. The standard InChI is InChI=1S/C34H24Br2Cl2N2O5/c1-15-24(38)11-10-20-21(34(44)45-14-26(41)17-2-6-18(37)7-3-17)13-25(39-31(15)20)16-4-8-19(9-5-16)40-32(42)27-22-12-23(28(27)33(40)43)30(36)29(22)35/h2-11,13,22-23,27-30H,12,14H2,1H3. The molecule has 4 aromatic rings. The number of esters is 1. The summed E-state index contributed by atoms with van der Waals surface area (Å²) in [6, 6.07) is 18.3. The second kappa shape index (κ2) is 11.6. The molecule has 228 valence electrons. The zero-order chi connectivity index (χ0) is 31.7. The Labute approximate surface area is 285 Å². The molecule has 2 bridgehead atoms. The van der Waals surface area contributed by atoms with Gasteiger partial charge in [0, 0.05) is 36.2 Å². The van der Waals surface area contributed by atoms with Gasteiger partial charge < -0.3 is 4.74 Å². The maximum Gasteiger partial charge on any atom is 0.339 e. The SMILES string of the molecule is Cc1c(Cl)ccc2c(C(=O)OCC(=O)c3ccc(Cl)cc3)cc(-c3ccc(N4C(=O)C5C6CC(C(Br)C6Br)C5C4=O)cc3)nc12. The number of benzene rings is 3. The first kappa shape index (κ1) is 30.5. The summed E-state index contributed by atoms with van der Waals surface area (Å²) >= 11 is 19.8. The first-order valence-electron chi connectivity index (χ1n) is 14.4. The molecule has 3 aromatic carbocycles. The molecule has 11 heteroatoms. The van der Waals surface area contributed by atoms with Gasteiger partial charge in [0.1, 0.15) is 0 Å². The molecule has 1 aromatic heterocycles. The summed E-state index contributed by atoms with van der Waals surface area (Å²) in [7, 11) is 0. The van der Waals surface area contributed by atoms with Gasteiger partial charge in [-0.1, -0.05) is 73.3 Å². The Morgan fingerprint density at radius 2 is 1.53 bits per heavy atom. The first-order chi connectivity index (χ1) is 21.5. The largest absolute Gasteiger partial charge is 0.454 e. The molecule has 0 radical (unpaired) electrons. The minimum atomic E-state index is -0.686. The van der Waals surface area contributed by atoms with Gasteiger partial charge in [-0.25, -0.2) is 9.78 Å². The second-order valence-electron chi connectivity index (χ2n) is 11.7. The van der Waals surface area contributed by atoms with Gasteiger partial charge in [0.15, 0.2) is 12.4 Å². The predicted molar refractivity (Wildman–Crippen MR) is 179 cm³/mol. The van der Waals surface area contributed by atoms with Gasteiger partial charge in [-0.15, -0.1) is 0 Å². The van der Waals surface area contributed by atoms with Crippen molar-refractivity contribution < 1.29 is 23.9 Å². The Kier molecular flexibility index (Phi) is 7.87. The molecule has 2 amide bonds. The number of amides is 2. The van der Waals surface area contributed by atoms with Crippen molar-refractivity contribution >= 4 is 95.2 Å². The zero-order valence-electron chi connectivity index (χ0n) is 23.7. The fourth-order valence-corrected chi connectivity index (χ4v) is 9.19. The number of fused-ring (bicyclic) bond motifs is 6. The number of hydrogen-bond acceptors (Lipinski definition) is 6. The number of aromatic nitrogens is 1. The third-order valence-electron chi connectivity index (χ3n) is 9.30. The molecule has 2 heterocycles. The summed E-state index contributed by atoms with van der Waals surface area (Å²) in [4.78, 5) is 59.5. The average molecular weight is 771 g/mol. The monoisotopic (exact) mass is 768 g/mol. The van der Waals surface area contributed by atoms with Crippen LogP contribution in [0.5, 0.6) is 0 Å². The lowest BCUT2D eigenvalue weighted by atomic mass is 9.81. The fraction of sp³-hybridized carbons (Fsp3) is 0.265. The Hall–Kier alpha value is -3.11. The smallest absolute Gasteiger partial charge is 0.339 e. The van der Waals surface area contributed by atoms with Crippen LogP contribution in [0.4, 0.5) is 5.69 Å². The van der Waals surface area contributed by atoms with E-state index in [1.807, 2.05) is 6.92 Å². The molecule has 1 saturated heterocycles. The second-order valence-corrected chi connectivity index (χ2v) is 14.7. The van der Waals surface area contributed by atoms with Gasteiger partial charge in [0.05, 0.1) is 34.3 Å². The average Bonchev–Trinajstić information content (AvgIpc) is 3.66. The molecule has 0 spiro atoms. The zero-order valence-corrected chi connectivity index (χ0v) is 28.4. The summed E-state index contributed by atoms with van der Waals surface area (Å²) < 4.78 is 5.46. The highest BCUT2D eigenvalue weighted by atomic mass is 79.9. The highest BCUT2D eigenvalue weighted by molar-refractivity contribution is 9.12. The van der Waals surface area contributed by atoms with E-state index in [1.54, 1.807) is 66.7 Å². The van der Waals surface area contributed by atoms with Crippen LogP contribution in [0.1, 0.15) is 32.7 Å². The van der Waals surface area contributed by atoms with Crippen LogP contribution in [-0.2, 0) is 14.3 Å². The Balaban J connectivity index is 1.18. The van der Waals surface area contributed by atoms with Crippen LogP contribution in [0.15, 0.2) is 66.7 Å². The summed E-state index contributed by atoms with van der Waals surface area (Å²) in [5.41, 5.74) is 3.43. The number of anilines is 1. The quantitative estimate of drug-likeness (QED) is 0.0859. The highest BCUT2D eigenvalue weighted by Gasteiger charge is 2.66. The van der Waals surface area contributed by atoms with Crippen LogP contribution in [0.2, 0.25) is 10.0 Å². The molecular formula is C34H24Br2Cl2N2O5. The molecule has 3 fully saturated rings. The number of halogens is 4. The van der Waals surface area contributed by atoms with Crippen LogP contribution in [-0.4, -0.2) is 44.8 Å². The lowest BCUT2D eigenvalue weighted by molar-refractivity contribution is -0.123. The minimum absolute atomic E-state index is 0.127. The number of ether oxygens (including phenoxy) is 1. The van der Waals surface area contributed by atoms with Crippen molar-refractivity contribution in [2.45, 2.75) is 23.0 Å². The van der Waals surface area contributed by atoms with E-state index in [1.165, 1.54) is 4.90 Å². The summed E-state index contributed by atoms with van der Waals surface area (Å²) in [6.07, 6.45) is 0.864. The van der Waals surface area contributed by atoms with Crippen LogP contribution in [0.3, 0.4) is 0 Å². The maximum atomic E-state index is 13.5. The van der Waals surface area contributed by atoms with Crippen LogP contribution < -0.4 is 4.90 Å². The molecular weight excluding hydrogens is 747 g/mol. The Morgan fingerprint density at radius 3 is 2.16 bits per heavy atom. The van der Waals surface area contributed by atoms with Crippen molar-refractivity contribution in [3.05, 3.63) is 93.5 Å². The molecule has 6 unspecified atom stereocenters. The van der Waals surface area contributed by atoms with Gasteiger partial charge in [0.2, 0.25) is 11.8 Å². The first-order valence-corrected chi connectivity index (χ1v) is 17.0. The molecule has 0 N–H and O–H groups in total. The van der Waals surface area contributed by atoms with Crippen molar-refractivity contribution in [2.75, 3.05) is 11.5 Å². The Morgan fingerprint density at radius 1 is 0.911 bits per heavy atom. The summed E-state index contributed by atoms with van der Waals surface area (Å²) in [5.74, 6) is -1.72. The number of nitrogens with zero attached hydrogens (tertiary/aromatic N) is 2. The van der Waals surface area contributed by atoms with E-state index < -0.39 is 12.6 Å². The number of pyridine rings is 1. The van der Waals surface area contributed by atoms with E-state index in [0.29, 0.717) is 49.0 Å². The number of carbonyl (C=O) groups is 4. The van der Waals surface area contributed by atoms with E-state index in [2.05, 4.69) is 31.9 Å². The third-order valence-corrected chi connectivity index (χ3v) is 13.2. The van der Waals surface area contributed by atoms with E-state index in [0.717, 1.165) is 6.42 Å². The lowest BCUT2D eigenvalue weighted by Crippen LogP contribution is -2.37. The van der Waals surface area contributed by atoms with Crippen molar-refractivity contribution in [1.29, 1.82) is 0 Å². The van der Waals surface area contributed by atoms with Crippen LogP contribution >= 0.6 is 55.1 Å². The number of ketones is 1. The van der Waals surface area contributed by atoms with Gasteiger partial charge in [-0.05, 0) is 79.3 Å². The molecule has 1 aliphatic heterocycles. The van der Waals surface area contributed by atoms with Crippen LogP contribution in [0, 0.1) is 30.6 Å². The molecule has 2 saturated carbocycles. The number of carbonyl (C=O) groups excluding carboxylic acids is 4. The third kappa shape index (κ3) is 5.03. The van der Waals surface area contributed by atoms with Crippen molar-refractivity contribution in [2.24, 2.45) is 23.7 Å². The number of rotatable bonds is 6.